The van der Waals surface area contributed by atoms with Crippen LogP contribution in [0.25, 0.3) is 0 Å². The minimum absolute atomic E-state index is 0. The standard InChI is InChI=1S/C19H21N7O2S.4H2/c27-29(28,26-14-3-4-14)15-7-5-13(6-8-15)21-19-20-10-9-17(23-19)22-18-11-16(24-25-18)12-1-2-12;;;;/h5-12,14,26H,1-4H2,(H3,20,21,22,23,24,25);4*1H. The summed E-state index contributed by atoms with van der Waals surface area (Å²) in [7, 11) is -3.46. The summed E-state index contributed by atoms with van der Waals surface area (Å²) in [4.78, 5) is 8.90. The molecule has 2 aliphatic carbocycles. The number of sulfonamides is 1. The molecule has 0 bridgehead atoms. The van der Waals surface area contributed by atoms with Crippen molar-refractivity contribution < 1.29 is 14.1 Å². The van der Waals surface area contributed by atoms with Gasteiger partial charge in [-0.3, -0.25) is 5.10 Å². The number of hydrogen-bond acceptors (Lipinski definition) is 7. The van der Waals surface area contributed by atoms with E-state index in [2.05, 4.69) is 35.5 Å². The van der Waals surface area contributed by atoms with E-state index in [1.165, 1.54) is 12.8 Å². The number of anilines is 4. The van der Waals surface area contributed by atoms with Crippen molar-refractivity contribution in [2.24, 2.45) is 0 Å². The summed E-state index contributed by atoms with van der Waals surface area (Å²) in [5, 5.41) is 13.6. The van der Waals surface area contributed by atoms with Crippen molar-refractivity contribution in [3.05, 3.63) is 48.3 Å². The molecular formula is C19H29N7O2S. The Kier molecular flexibility index (Phi) is 4.44. The summed E-state index contributed by atoms with van der Waals surface area (Å²) in [6.45, 7) is 0. The largest absolute Gasteiger partial charge is 0.324 e. The Morgan fingerprint density at radius 1 is 1.00 bits per heavy atom. The SMILES string of the molecule is O=S(=O)(NC1CC1)c1ccc(Nc2nccc(Nc3cc(C4CC4)[nH]n3)n2)cc1.[HH].[HH].[HH].[HH]. The van der Waals surface area contributed by atoms with Gasteiger partial charge in [0.05, 0.1) is 4.90 Å². The van der Waals surface area contributed by atoms with Gasteiger partial charge in [-0.05, 0) is 56.0 Å². The smallest absolute Gasteiger partial charge is 0.240 e. The highest BCUT2D eigenvalue weighted by molar-refractivity contribution is 7.89. The van der Waals surface area contributed by atoms with Crippen LogP contribution in [-0.2, 0) is 10.0 Å². The van der Waals surface area contributed by atoms with Gasteiger partial charge in [0, 0.05) is 41.3 Å². The van der Waals surface area contributed by atoms with Gasteiger partial charge in [0.25, 0.3) is 0 Å². The molecule has 10 heteroatoms. The van der Waals surface area contributed by atoms with Gasteiger partial charge in [0.2, 0.25) is 16.0 Å². The Morgan fingerprint density at radius 2 is 1.79 bits per heavy atom. The second-order valence-electron chi connectivity index (χ2n) is 7.42. The van der Waals surface area contributed by atoms with Crippen LogP contribution in [0, 0.1) is 0 Å². The van der Waals surface area contributed by atoms with Gasteiger partial charge in [-0.15, -0.1) is 0 Å². The van der Waals surface area contributed by atoms with Crippen molar-refractivity contribution in [2.45, 2.75) is 42.5 Å². The van der Waals surface area contributed by atoms with Crippen molar-refractivity contribution >= 4 is 33.3 Å². The lowest BCUT2D eigenvalue weighted by molar-refractivity contribution is 0.581. The second-order valence-corrected chi connectivity index (χ2v) is 9.13. The third-order valence-corrected chi connectivity index (χ3v) is 6.38. The molecule has 2 aliphatic rings. The molecule has 1 aromatic carbocycles. The fourth-order valence-electron chi connectivity index (χ4n) is 2.96. The summed E-state index contributed by atoms with van der Waals surface area (Å²) in [5.74, 6) is 2.34. The molecule has 29 heavy (non-hydrogen) atoms. The molecule has 0 spiro atoms. The lowest BCUT2D eigenvalue weighted by Crippen LogP contribution is -2.25. The molecule has 2 saturated carbocycles. The molecule has 0 unspecified atom stereocenters. The Balaban J connectivity index is 0.00000136. The third-order valence-electron chi connectivity index (χ3n) is 4.85. The quantitative estimate of drug-likeness (QED) is 0.435. The zero-order valence-corrected chi connectivity index (χ0v) is 16.4. The molecule has 0 amide bonds. The molecule has 3 aromatic rings. The van der Waals surface area contributed by atoms with Crippen LogP contribution in [0.2, 0.25) is 0 Å². The molecule has 0 atom stereocenters. The minimum atomic E-state index is -3.46. The Hall–Kier alpha value is -2.98. The maximum Gasteiger partial charge on any atom is 0.240 e. The van der Waals surface area contributed by atoms with Crippen LogP contribution >= 0.6 is 0 Å². The minimum Gasteiger partial charge on any atom is -0.324 e. The predicted molar refractivity (Wildman–Crippen MR) is 117 cm³/mol. The molecule has 0 radical (unpaired) electrons. The van der Waals surface area contributed by atoms with E-state index in [-0.39, 0.29) is 16.6 Å². The van der Waals surface area contributed by atoms with E-state index >= 15 is 0 Å². The van der Waals surface area contributed by atoms with E-state index in [9.17, 15) is 8.42 Å². The van der Waals surface area contributed by atoms with Gasteiger partial charge >= 0.3 is 0 Å². The van der Waals surface area contributed by atoms with Crippen LogP contribution in [0.4, 0.5) is 23.3 Å². The normalized spacial score (nSPS) is 16.6. The van der Waals surface area contributed by atoms with Crippen molar-refractivity contribution in [3.63, 3.8) is 0 Å². The summed E-state index contributed by atoms with van der Waals surface area (Å²) >= 11 is 0. The molecule has 9 nitrogen and oxygen atoms in total. The van der Waals surface area contributed by atoms with Crippen LogP contribution in [0.15, 0.2) is 47.5 Å². The molecule has 0 saturated heterocycles. The number of nitrogens with one attached hydrogen (secondary N) is 4. The van der Waals surface area contributed by atoms with E-state index in [1.807, 2.05) is 6.07 Å². The summed E-state index contributed by atoms with van der Waals surface area (Å²) in [6.07, 6.45) is 5.87. The average molecular weight is 420 g/mol. The van der Waals surface area contributed by atoms with Crippen molar-refractivity contribution in [1.82, 2.24) is 24.9 Å². The van der Waals surface area contributed by atoms with Gasteiger partial charge < -0.3 is 10.6 Å². The molecule has 0 aliphatic heterocycles. The van der Waals surface area contributed by atoms with Crippen LogP contribution < -0.4 is 15.4 Å². The summed E-state index contributed by atoms with van der Waals surface area (Å²) in [6, 6.07) is 10.4. The van der Waals surface area contributed by atoms with Crippen molar-refractivity contribution in [3.8, 4) is 0 Å². The van der Waals surface area contributed by atoms with Crippen LogP contribution in [0.1, 0.15) is 43.0 Å². The topological polar surface area (TPSA) is 125 Å². The van der Waals surface area contributed by atoms with Gasteiger partial charge in [-0.1, -0.05) is 0 Å². The van der Waals surface area contributed by atoms with E-state index in [4.69, 9.17) is 0 Å². The molecule has 4 N–H and O–H groups in total. The van der Waals surface area contributed by atoms with Crippen molar-refractivity contribution in [2.75, 3.05) is 10.6 Å². The first-order valence-electron chi connectivity index (χ1n) is 9.60. The first-order valence-corrected chi connectivity index (χ1v) is 11.1. The third kappa shape index (κ3) is 4.38. The van der Waals surface area contributed by atoms with E-state index in [1.54, 1.807) is 36.5 Å². The number of hydrogen-bond donors (Lipinski definition) is 4. The number of aromatic nitrogens is 4. The summed E-state index contributed by atoms with van der Waals surface area (Å²) in [5.41, 5.74) is 1.84. The van der Waals surface area contributed by atoms with E-state index < -0.39 is 10.0 Å². The number of H-pyrrole nitrogens is 1. The highest BCUT2D eigenvalue weighted by atomic mass is 32.2. The van der Waals surface area contributed by atoms with Gasteiger partial charge in [0.15, 0.2) is 5.82 Å². The second kappa shape index (κ2) is 7.12. The van der Waals surface area contributed by atoms with Crippen LogP contribution in [0.3, 0.4) is 0 Å². The molecule has 2 fully saturated rings. The zero-order chi connectivity index (χ0) is 19.8. The van der Waals surface area contributed by atoms with Crippen molar-refractivity contribution in [1.29, 1.82) is 0 Å². The monoisotopic (exact) mass is 419 g/mol. The Morgan fingerprint density at radius 3 is 2.52 bits per heavy atom. The fraction of sp³-hybridized carbons (Fsp3) is 0.316. The molecule has 2 heterocycles. The fourth-order valence-corrected chi connectivity index (χ4v) is 4.26. The highest BCUT2D eigenvalue weighted by Crippen LogP contribution is 2.39. The number of aromatic amines is 1. The van der Waals surface area contributed by atoms with E-state index in [0.717, 1.165) is 18.5 Å². The van der Waals surface area contributed by atoms with Gasteiger partial charge in [-0.25, -0.2) is 18.1 Å². The predicted octanol–water partition coefficient (Wildman–Crippen LogP) is 3.99. The first-order chi connectivity index (χ1) is 14.0. The average Bonchev–Trinajstić information content (AvgIpc) is 3.63. The number of benzene rings is 1. The molecule has 5 rings (SSSR count). The molecule has 2 aromatic heterocycles. The van der Waals surface area contributed by atoms with Gasteiger partial charge in [0.1, 0.15) is 5.82 Å². The highest BCUT2D eigenvalue weighted by Gasteiger charge is 2.28. The lowest BCUT2D eigenvalue weighted by Gasteiger charge is -2.09. The van der Waals surface area contributed by atoms with E-state index in [0.29, 0.717) is 29.2 Å². The number of rotatable bonds is 8. The first kappa shape index (κ1) is 18.1. The summed E-state index contributed by atoms with van der Waals surface area (Å²) < 4.78 is 27.2. The molecule has 158 valence electrons. The van der Waals surface area contributed by atoms with Crippen LogP contribution in [-0.4, -0.2) is 34.6 Å². The zero-order valence-electron chi connectivity index (χ0n) is 15.6. The Labute approximate surface area is 174 Å². The lowest BCUT2D eigenvalue weighted by atomic mass is 10.3. The maximum atomic E-state index is 12.2. The Bertz CT molecular complexity index is 1140. The van der Waals surface area contributed by atoms with Crippen LogP contribution in [0.5, 0.6) is 0 Å². The number of nitrogens with zero attached hydrogens (tertiary/aromatic N) is 3. The van der Waals surface area contributed by atoms with Gasteiger partial charge in [-0.2, -0.15) is 10.1 Å². The maximum absolute atomic E-state index is 12.2. The molecular weight excluding hydrogens is 390 g/mol.